The van der Waals surface area contributed by atoms with E-state index in [9.17, 15) is 0 Å². The molecule has 66 valence electrons. The van der Waals surface area contributed by atoms with Gasteiger partial charge in [-0.05, 0) is 12.8 Å². The molecule has 0 amide bonds. The smallest absolute Gasteiger partial charge is 0.0925 e. The van der Waals surface area contributed by atoms with E-state index in [0.29, 0.717) is 0 Å². The van der Waals surface area contributed by atoms with E-state index in [2.05, 4.69) is 20.8 Å². The van der Waals surface area contributed by atoms with Gasteiger partial charge in [-0.3, -0.25) is 11.3 Å². The van der Waals surface area contributed by atoms with Crippen LogP contribution in [0.5, 0.6) is 0 Å². The van der Waals surface area contributed by atoms with Crippen molar-refractivity contribution in [2.75, 3.05) is 0 Å². The van der Waals surface area contributed by atoms with Gasteiger partial charge >= 0.3 is 0 Å². The minimum atomic E-state index is 0.0988. The van der Waals surface area contributed by atoms with Crippen molar-refractivity contribution in [3.63, 3.8) is 0 Å². The second-order valence-corrected chi connectivity index (χ2v) is 2.97. The lowest BCUT2D eigenvalue weighted by atomic mass is 10.1. The molecule has 1 atom stereocenters. The van der Waals surface area contributed by atoms with Crippen LogP contribution in [0.4, 0.5) is 0 Å². The van der Waals surface area contributed by atoms with E-state index in [1.165, 1.54) is 11.7 Å². The standard InChI is InChI=1S/C7H12N4S/c1-2-3-4-6(10-8)7-5-9-12-11-7/h2,5-6,10H,1,3-4,8H2. The fraction of sp³-hybridized carbons (Fsp3) is 0.429. The Kier molecular flexibility index (Phi) is 3.86. The number of hydrazine groups is 1. The third-order valence-electron chi connectivity index (χ3n) is 1.60. The van der Waals surface area contributed by atoms with Crippen molar-refractivity contribution in [2.45, 2.75) is 18.9 Å². The van der Waals surface area contributed by atoms with Gasteiger partial charge < -0.3 is 0 Å². The summed E-state index contributed by atoms with van der Waals surface area (Å²) in [5.74, 6) is 5.36. The molecule has 4 nitrogen and oxygen atoms in total. The summed E-state index contributed by atoms with van der Waals surface area (Å²) in [6, 6.07) is 0.0988. The van der Waals surface area contributed by atoms with Gasteiger partial charge in [-0.25, -0.2) is 0 Å². The highest BCUT2D eigenvalue weighted by Gasteiger charge is 2.10. The van der Waals surface area contributed by atoms with Crippen LogP contribution in [0, 0.1) is 0 Å². The lowest BCUT2D eigenvalue weighted by Gasteiger charge is -2.10. The molecule has 0 aromatic carbocycles. The summed E-state index contributed by atoms with van der Waals surface area (Å²) >= 11 is 1.20. The predicted molar refractivity (Wildman–Crippen MR) is 49.4 cm³/mol. The molecule has 0 aliphatic carbocycles. The van der Waals surface area contributed by atoms with Crippen LogP contribution in [0.1, 0.15) is 24.6 Å². The minimum Gasteiger partial charge on any atom is -0.271 e. The van der Waals surface area contributed by atoms with Crippen LogP contribution in [0.3, 0.4) is 0 Å². The van der Waals surface area contributed by atoms with Gasteiger partial charge in [0.05, 0.1) is 29.7 Å². The number of nitrogens with one attached hydrogen (secondary N) is 1. The molecule has 0 saturated carbocycles. The Labute approximate surface area is 75.8 Å². The largest absolute Gasteiger partial charge is 0.271 e. The Morgan fingerprint density at radius 2 is 2.67 bits per heavy atom. The average molecular weight is 184 g/mol. The summed E-state index contributed by atoms with van der Waals surface area (Å²) in [5.41, 5.74) is 3.60. The number of nitrogens with zero attached hydrogens (tertiary/aromatic N) is 2. The van der Waals surface area contributed by atoms with E-state index >= 15 is 0 Å². The second-order valence-electron chi connectivity index (χ2n) is 2.42. The molecule has 1 rings (SSSR count). The van der Waals surface area contributed by atoms with Crippen molar-refractivity contribution in [2.24, 2.45) is 5.84 Å². The molecule has 3 N–H and O–H groups in total. The van der Waals surface area contributed by atoms with Gasteiger partial charge in [-0.2, -0.15) is 8.75 Å². The van der Waals surface area contributed by atoms with Crippen LogP contribution >= 0.6 is 11.7 Å². The van der Waals surface area contributed by atoms with Gasteiger partial charge in [0.1, 0.15) is 0 Å². The summed E-state index contributed by atoms with van der Waals surface area (Å²) in [7, 11) is 0. The monoisotopic (exact) mass is 184 g/mol. The molecule has 0 aliphatic heterocycles. The van der Waals surface area contributed by atoms with Gasteiger partial charge in [-0.15, -0.1) is 6.58 Å². The molecule has 5 heteroatoms. The van der Waals surface area contributed by atoms with Crippen LogP contribution in [0.15, 0.2) is 18.9 Å². The summed E-state index contributed by atoms with van der Waals surface area (Å²) in [6.07, 6.45) is 5.43. The van der Waals surface area contributed by atoms with Gasteiger partial charge in [0.25, 0.3) is 0 Å². The Hall–Kier alpha value is -0.780. The number of allylic oxidation sites excluding steroid dienone is 1. The molecule has 12 heavy (non-hydrogen) atoms. The highest BCUT2D eigenvalue weighted by molar-refractivity contribution is 6.99. The molecule has 0 radical (unpaired) electrons. The normalized spacial score (nSPS) is 12.8. The number of aromatic nitrogens is 2. The SMILES string of the molecule is C=CCCC(NN)c1cnsn1. The van der Waals surface area contributed by atoms with E-state index in [1.54, 1.807) is 6.20 Å². The zero-order chi connectivity index (χ0) is 8.81. The minimum absolute atomic E-state index is 0.0988. The van der Waals surface area contributed by atoms with Crippen molar-refractivity contribution in [3.05, 3.63) is 24.5 Å². The summed E-state index contributed by atoms with van der Waals surface area (Å²) in [5, 5.41) is 0. The predicted octanol–water partition coefficient (Wildman–Crippen LogP) is 1.01. The molecule has 0 saturated heterocycles. The third kappa shape index (κ3) is 2.37. The van der Waals surface area contributed by atoms with Crippen LogP contribution in [0.25, 0.3) is 0 Å². The Balaban J connectivity index is 2.51. The van der Waals surface area contributed by atoms with Gasteiger partial charge in [0.15, 0.2) is 0 Å². The fourth-order valence-electron chi connectivity index (χ4n) is 0.927. The molecule has 0 spiro atoms. The average Bonchev–Trinajstić information content (AvgIpc) is 2.59. The van der Waals surface area contributed by atoms with Crippen molar-refractivity contribution in [3.8, 4) is 0 Å². The maximum atomic E-state index is 5.36. The first-order valence-electron chi connectivity index (χ1n) is 3.73. The summed E-state index contributed by atoms with van der Waals surface area (Å²) < 4.78 is 8.00. The molecule has 1 heterocycles. The van der Waals surface area contributed by atoms with Gasteiger partial charge in [0.2, 0.25) is 0 Å². The molecule has 1 aromatic rings. The molecule has 1 aromatic heterocycles. The van der Waals surface area contributed by atoms with E-state index in [-0.39, 0.29) is 6.04 Å². The quantitative estimate of drug-likeness (QED) is 0.407. The Morgan fingerprint density at radius 1 is 1.83 bits per heavy atom. The van der Waals surface area contributed by atoms with Crippen LogP contribution in [-0.4, -0.2) is 8.75 Å². The maximum absolute atomic E-state index is 5.36. The Bertz CT molecular complexity index is 221. The topological polar surface area (TPSA) is 63.8 Å². The summed E-state index contributed by atoms with van der Waals surface area (Å²) in [4.78, 5) is 0. The van der Waals surface area contributed by atoms with E-state index in [4.69, 9.17) is 5.84 Å². The van der Waals surface area contributed by atoms with Crippen molar-refractivity contribution in [1.29, 1.82) is 0 Å². The lowest BCUT2D eigenvalue weighted by Crippen LogP contribution is -2.28. The molecular formula is C7H12N4S. The number of rotatable bonds is 5. The molecular weight excluding hydrogens is 172 g/mol. The van der Waals surface area contributed by atoms with Crippen molar-refractivity contribution in [1.82, 2.24) is 14.2 Å². The fourth-order valence-corrected chi connectivity index (χ4v) is 1.40. The highest BCUT2D eigenvalue weighted by Crippen LogP contribution is 2.15. The van der Waals surface area contributed by atoms with Gasteiger partial charge in [0, 0.05) is 0 Å². The molecule has 0 bridgehead atoms. The zero-order valence-corrected chi connectivity index (χ0v) is 7.55. The maximum Gasteiger partial charge on any atom is 0.0925 e. The highest BCUT2D eigenvalue weighted by atomic mass is 32.1. The van der Waals surface area contributed by atoms with Crippen LogP contribution in [-0.2, 0) is 0 Å². The Morgan fingerprint density at radius 3 is 3.17 bits per heavy atom. The number of nitrogens with two attached hydrogens (primary N) is 1. The molecule has 0 aliphatic rings. The van der Waals surface area contributed by atoms with Crippen LogP contribution < -0.4 is 11.3 Å². The molecule has 0 fully saturated rings. The molecule has 1 unspecified atom stereocenters. The third-order valence-corrected chi connectivity index (χ3v) is 2.09. The number of hydrogen-bond donors (Lipinski definition) is 2. The number of hydrogen-bond acceptors (Lipinski definition) is 5. The van der Waals surface area contributed by atoms with Crippen LogP contribution in [0.2, 0.25) is 0 Å². The zero-order valence-electron chi connectivity index (χ0n) is 6.73. The first-order chi connectivity index (χ1) is 5.88. The van der Waals surface area contributed by atoms with Gasteiger partial charge in [-0.1, -0.05) is 6.08 Å². The first-order valence-corrected chi connectivity index (χ1v) is 4.46. The second kappa shape index (κ2) is 4.97. The van der Waals surface area contributed by atoms with Crippen molar-refractivity contribution < 1.29 is 0 Å². The van der Waals surface area contributed by atoms with E-state index in [0.717, 1.165) is 18.5 Å². The van der Waals surface area contributed by atoms with E-state index < -0.39 is 0 Å². The first kappa shape index (κ1) is 9.31. The van der Waals surface area contributed by atoms with E-state index in [1.807, 2.05) is 6.08 Å². The summed E-state index contributed by atoms with van der Waals surface area (Å²) in [6.45, 7) is 3.65. The van der Waals surface area contributed by atoms with Crippen molar-refractivity contribution >= 4 is 11.7 Å². The lowest BCUT2D eigenvalue weighted by molar-refractivity contribution is 0.512.